The Morgan fingerprint density at radius 3 is 2.71 bits per heavy atom. The first-order valence-electron chi connectivity index (χ1n) is 7.36. The molecule has 0 unspecified atom stereocenters. The fourth-order valence-corrected chi connectivity index (χ4v) is 3.48. The number of aliphatic imine (C=N–C) groups is 1. The largest absolute Gasteiger partial charge is 0.462 e. The van der Waals surface area contributed by atoms with Crippen molar-refractivity contribution in [3.63, 3.8) is 0 Å². The number of carbonyl (C=O) groups is 1. The number of amides is 1. The second kappa shape index (κ2) is 5.65. The number of benzene rings is 1. The van der Waals surface area contributed by atoms with Gasteiger partial charge in [-0.2, -0.15) is 4.99 Å². The number of thioether (sulfide) groups is 1. The summed E-state index contributed by atoms with van der Waals surface area (Å²) >= 11 is 1.35. The molecule has 6 heteroatoms. The molecule has 0 saturated carbocycles. The Bertz CT molecular complexity index is 938. The minimum atomic E-state index is -0.421. The van der Waals surface area contributed by atoms with Gasteiger partial charge < -0.3 is 4.42 Å². The van der Waals surface area contributed by atoms with Gasteiger partial charge in [0.15, 0.2) is 5.17 Å². The molecule has 5 nitrogen and oxygen atoms in total. The Morgan fingerprint density at radius 2 is 2.00 bits per heavy atom. The fraction of sp³-hybridized carbons (Fsp3) is 0.0556. The third kappa shape index (κ3) is 2.41. The molecule has 0 saturated heterocycles. The zero-order chi connectivity index (χ0) is 16.7. The number of rotatable bonds is 2. The maximum absolute atomic E-state index is 12.3. The Hall–Kier alpha value is -2.86. The zero-order valence-electron chi connectivity index (χ0n) is 12.8. The first-order valence-corrected chi connectivity index (χ1v) is 8.24. The highest BCUT2D eigenvalue weighted by atomic mass is 32.2. The minimum Gasteiger partial charge on any atom is -0.462 e. The Morgan fingerprint density at radius 1 is 1.21 bits per heavy atom. The average Bonchev–Trinajstić information content (AvgIpc) is 3.18. The van der Waals surface area contributed by atoms with Gasteiger partial charge in [-0.15, -0.1) is 0 Å². The Balaban J connectivity index is 1.75. The summed E-state index contributed by atoms with van der Waals surface area (Å²) < 4.78 is 5.49. The standard InChI is InChI=1S/C18H13N3O2S/c1-11-7-8-13(23-11)9-14-16(19)21-15(12-5-3-2-4-6-12)10-24-18(21)20-17(14)22/h2-10,19H,1H3/b14-9+,19-16?. The van der Waals surface area contributed by atoms with E-state index in [0.717, 1.165) is 17.0 Å². The van der Waals surface area contributed by atoms with Crippen LogP contribution in [0.15, 0.2) is 62.9 Å². The van der Waals surface area contributed by atoms with Crippen molar-refractivity contribution in [2.75, 3.05) is 0 Å². The number of hydrogen-bond donors (Lipinski definition) is 1. The van der Waals surface area contributed by atoms with E-state index >= 15 is 0 Å². The van der Waals surface area contributed by atoms with Crippen LogP contribution in [0.4, 0.5) is 0 Å². The van der Waals surface area contributed by atoms with E-state index in [9.17, 15) is 4.79 Å². The monoisotopic (exact) mass is 335 g/mol. The van der Waals surface area contributed by atoms with Crippen LogP contribution in [0, 0.1) is 12.3 Å². The van der Waals surface area contributed by atoms with Gasteiger partial charge in [0.05, 0.1) is 11.3 Å². The van der Waals surface area contributed by atoms with E-state index in [1.54, 1.807) is 17.0 Å². The second-order valence-corrected chi connectivity index (χ2v) is 6.21. The molecule has 0 atom stereocenters. The van der Waals surface area contributed by atoms with E-state index in [4.69, 9.17) is 9.83 Å². The molecule has 0 radical (unpaired) electrons. The summed E-state index contributed by atoms with van der Waals surface area (Å²) in [7, 11) is 0. The molecule has 0 fully saturated rings. The van der Waals surface area contributed by atoms with E-state index in [2.05, 4.69) is 4.99 Å². The second-order valence-electron chi connectivity index (χ2n) is 5.38. The molecule has 2 aliphatic heterocycles. The van der Waals surface area contributed by atoms with Gasteiger partial charge in [0.1, 0.15) is 17.4 Å². The van der Waals surface area contributed by atoms with Gasteiger partial charge in [-0.1, -0.05) is 42.1 Å². The molecule has 0 aliphatic carbocycles. The number of carbonyl (C=O) groups excluding carboxylic acids is 1. The molecule has 4 rings (SSSR count). The quantitative estimate of drug-likeness (QED) is 0.845. The lowest BCUT2D eigenvalue weighted by molar-refractivity contribution is -0.114. The van der Waals surface area contributed by atoms with Crippen LogP contribution in [0.25, 0.3) is 11.8 Å². The molecule has 1 aromatic carbocycles. The maximum Gasteiger partial charge on any atom is 0.283 e. The summed E-state index contributed by atoms with van der Waals surface area (Å²) in [5.74, 6) is 0.980. The van der Waals surface area contributed by atoms with Gasteiger partial charge in [-0.05, 0) is 30.7 Å². The van der Waals surface area contributed by atoms with Crippen LogP contribution >= 0.6 is 11.8 Å². The topological polar surface area (TPSA) is 69.7 Å². The third-order valence-electron chi connectivity index (χ3n) is 3.73. The number of nitrogens with one attached hydrogen (secondary N) is 1. The molecule has 24 heavy (non-hydrogen) atoms. The molecule has 0 bridgehead atoms. The molecular formula is C18H13N3O2S. The minimum absolute atomic E-state index is 0.110. The fourth-order valence-electron chi connectivity index (χ4n) is 2.59. The van der Waals surface area contributed by atoms with Crippen molar-refractivity contribution in [2.24, 2.45) is 4.99 Å². The highest BCUT2D eigenvalue weighted by Crippen LogP contribution is 2.37. The molecule has 1 aromatic heterocycles. The van der Waals surface area contributed by atoms with Gasteiger partial charge in [0.2, 0.25) is 0 Å². The summed E-state index contributed by atoms with van der Waals surface area (Å²) in [5.41, 5.74) is 2.04. The smallest absolute Gasteiger partial charge is 0.283 e. The molecule has 1 amide bonds. The van der Waals surface area contributed by atoms with Gasteiger partial charge in [-0.25, -0.2) is 0 Å². The van der Waals surface area contributed by atoms with Crippen LogP contribution < -0.4 is 0 Å². The first kappa shape index (κ1) is 14.7. The Labute approximate surface area is 142 Å². The molecule has 2 aromatic rings. The lowest BCUT2D eigenvalue weighted by Crippen LogP contribution is -2.37. The average molecular weight is 335 g/mol. The van der Waals surface area contributed by atoms with Crippen LogP contribution in [-0.2, 0) is 4.79 Å². The predicted molar refractivity (Wildman–Crippen MR) is 95.4 cm³/mol. The Kier molecular flexibility index (Phi) is 3.46. The SMILES string of the molecule is Cc1ccc(/C=C2\C(=N)N3C(c4ccccc4)=CSC3=NC2=O)o1. The molecule has 3 heterocycles. The molecule has 1 N–H and O–H groups in total. The lowest BCUT2D eigenvalue weighted by atomic mass is 10.1. The number of nitrogens with zero attached hydrogens (tertiary/aromatic N) is 2. The normalized spacial score (nSPS) is 18.7. The van der Waals surface area contributed by atoms with Crippen molar-refractivity contribution in [1.82, 2.24) is 4.90 Å². The van der Waals surface area contributed by atoms with E-state index in [0.29, 0.717) is 10.9 Å². The number of hydrogen-bond acceptors (Lipinski definition) is 4. The summed E-state index contributed by atoms with van der Waals surface area (Å²) in [4.78, 5) is 18.1. The van der Waals surface area contributed by atoms with Gasteiger partial charge in [-0.3, -0.25) is 15.1 Å². The molecule has 2 aliphatic rings. The molecule has 0 spiro atoms. The van der Waals surface area contributed by atoms with Crippen LogP contribution in [-0.4, -0.2) is 21.8 Å². The highest BCUT2D eigenvalue weighted by Gasteiger charge is 2.36. The van der Waals surface area contributed by atoms with Crippen molar-refractivity contribution in [2.45, 2.75) is 6.92 Å². The zero-order valence-corrected chi connectivity index (χ0v) is 13.6. The van der Waals surface area contributed by atoms with Gasteiger partial charge >= 0.3 is 0 Å². The van der Waals surface area contributed by atoms with Crippen LogP contribution in [0.2, 0.25) is 0 Å². The van der Waals surface area contributed by atoms with E-state index in [1.165, 1.54) is 11.8 Å². The maximum atomic E-state index is 12.3. The van der Waals surface area contributed by atoms with Crippen molar-refractivity contribution in [1.29, 1.82) is 5.41 Å². The van der Waals surface area contributed by atoms with Crippen molar-refractivity contribution in [3.05, 3.63) is 70.5 Å². The van der Waals surface area contributed by atoms with Crippen molar-refractivity contribution >= 4 is 40.4 Å². The van der Waals surface area contributed by atoms with Gasteiger partial charge in [0.25, 0.3) is 5.91 Å². The van der Waals surface area contributed by atoms with Crippen LogP contribution in [0.3, 0.4) is 0 Å². The van der Waals surface area contributed by atoms with Crippen LogP contribution in [0.1, 0.15) is 17.1 Å². The van der Waals surface area contributed by atoms with Crippen molar-refractivity contribution in [3.8, 4) is 0 Å². The number of aryl methyl sites for hydroxylation is 1. The number of fused-ring (bicyclic) bond motifs is 1. The number of furan rings is 1. The predicted octanol–water partition coefficient (Wildman–Crippen LogP) is 3.89. The molecular weight excluding hydrogens is 322 g/mol. The lowest BCUT2D eigenvalue weighted by Gasteiger charge is -2.26. The molecule has 118 valence electrons. The summed E-state index contributed by atoms with van der Waals surface area (Å²) in [6.45, 7) is 1.83. The highest BCUT2D eigenvalue weighted by molar-refractivity contribution is 8.17. The summed E-state index contributed by atoms with van der Waals surface area (Å²) in [6.07, 6.45) is 1.57. The third-order valence-corrected chi connectivity index (χ3v) is 4.56. The van der Waals surface area contributed by atoms with Crippen LogP contribution in [0.5, 0.6) is 0 Å². The van der Waals surface area contributed by atoms with E-state index in [-0.39, 0.29) is 11.4 Å². The summed E-state index contributed by atoms with van der Waals surface area (Å²) in [6, 6.07) is 13.4. The first-order chi connectivity index (χ1) is 11.6. The van der Waals surface area contributed by atoms with Crippen molar-refractivity contribution < 1.29 is 9.21 Å². The number of amidine groups is 2. The van der Waals surface area contributed by atoms with E-state index < -0.39 is 5.91 Å². The van der Waals surface area contributed by atoms with Gasteiger partial charge in [0, 0.05) is 5.41 Å². The summed E-state index contributed by atoms with van der Waals surface area (Å²) in [5, 5.41) is 10.9. The van der Waals surface area contributed by atoms with E-state index in [1.807, 2.05) is 48.7 Å².